The first-order valence-electron chi connectivity index (χ1n) is 12.6. The van der Waals surface area contributed by atoms with Crippen LogP contribution in [0.5, 0.6) is 0 Å². The summed E-state index contributed by atoms with van der Waals surface area (Å²) in [6, 6.07) is 0. The standard InChI is InChI=1S/C24H46O8/c1-3-5-6-7-8-9-10-11-12-13-14-15-20(26)30-16-18(25)17-31-24-23(29)22(28)21(27)19(4-2)32-24/h18-19,21-25,27-29H,3-17H2,1-2H3. The molecule has 1 saturated heterocycles. The van der Waals surface area contributed by atoms with Gasteiger partial charge in [-0.2, -0.15) is 0 Å². The number of ether oxygens (including phenoxy) is 3. The van der Waals surface area contributed by atoms with E-state index in [4.69, 9.17) is 14.2 Å². The summed E-state index contributed by atoms with van der Waals surface area (Å²) in [5.74, 6) is -0.349. The second-order valence-corrected chi connectivity index (χ2v) is 8.88. The van der Waals surface area contributed by atoms with Gasteiger partial charge >= 0.3 is 5.97 Å². The van der Waals surface area contributed by atoms with E-state index in [1.165, 1.54) is 51.4 Å². The number of carbonyl (C=O) groups excluding carboxylic acids is 1. The van der Waals surface area contributed by atoms with E-state index in [-0.39, 0.29) is 19.2 Å². The lowest BCUT2D eigenvalue weighted by molar-refractivity contribution is -0.301. The molecule has 4 N–H and O–H groups in total. The summed E-state index contributed by atoms with van der Waals surface area (Å²) in [5.41, 5.74) is 0. The molecule has 1 rings (SSSR count). The Hall–Kier alpha value is -0.770. The summed E-state index contributed by atoms with van der Waals surface area (Å²) < 4.78 is 15.8. The van der Waals surface area contributed by atoms with Crippen LogP contribution >= 0.6 is 0 Å². The molecular formula is C24H46O8. The Balaban J connectivity index is 2.03. The van der Waals surface area contributed by atoms with Crippen molar-refractivity contribution in [2.45, 2.75) is 134 Å². The molecule has 0 aromatic heterocycles. The first kappa shape index (κ1) is 29.3. The van der Waals surface area contributed by atoms with Crippen LogP contribution < -0.4 is 0 Å². The van der Waals surface area contributed by atoms with Crippen LogP contribution in [0.4, 0.5) is 0 Å². The molecule has 1 aliphatic heterocycles. The Morgan fingerprint density at radius 3 is 1.94 bits per heavy atom. The van der Waals surface area contributed by atoms with Crippen molar-refractivity contribution in [1.29, 1.82) is 0 Å². The molecule has 6 atom stereocenters. The van der Waals surface area contributed by atoms with Gasteiger partial charge in [0.25, 0.3) is 0 Å². The van der Waals surface area contributed by atoms with Crippen molar-refractivity contribution in [2.75, 3.05) is 13.2 Å². The molecule has 6 unspecified atom stereocenters. The zero-order valence-electron chi connectivity index (χ0n) is 20.0. The summed E-state index contributed by atoms with van der Waals surface area (Å²) in [6.07, 6.45) is 7.16. The second-order valence-electron chi connectivity index (χ2n) is 8.88. The number of hydrogen-bond acceptors (Lipinski definition) is 8. The highest BCUT2D eigenvalue weighted by Gasteiger charge is 2.43. The normalized spacial score (nSPS) is 26.8. The van der Waals surface area contributed by atoms with E-state index in [2.05, 4.69) is 6.92 Å². The summed E-state index contributed by atoms with van der Waals surface area (Å²) in [5, 5.41) is 39.6. The van der Waals surface area contributed by atoms with Crippen molar-refractivity contribution < 1.29 is 39.4 Å². The van der Waals surface area contributed by atoms with Crippen LogP contribution in [-0.4, -0.2) is 76.4 Å². The van der Waals surface area contributed by atoms with Gasteiger partial charge < -0.3 is 34.6 Å². The summed E-state index contributed by atoms with van der Waals surface area (Å²) >= 11 is 0. The molecule has 0 aromatic carbocycles. The highest BCUT2D eigenvalue weighted by atomic mass is 16.7. The Labute approximate surface area is 193 Å². The molecule has 0 bridgehead atoms. The van der Waals surface area contributed by atoms with E-state index in [1.807, 2.05) is 0 Å². The third-order valence-corrected chi connectivity index (χ3v) is 5.94. The molecule has 0 amide bonds. The molecule has 1 aliphatic rings. The summed E-state index contributed by atoms with van der Waals surface area (Å²) in [4.78, 5) is 11.8. The van der Waals surface area contributed by atoms with E-state index >= 15 is 0 Å². The quantitative estimate of drug-likeness (QED) is 0.181. The van der Waals surface area contributed by atoms with E-state index in [0.29, 0.717) is 12.8 Å². The molecule has 0 aromatic rings. The maximum absolute atomic E-state index is 11.8. The molecule has 0 aliphatic carbocycles. The number of carbonyl (C=O) groups is 1. The van der Waals surface area contributed by atoms with Crippen LogP contribution in [0.2, 0.25) is 0 Å². The van der Waals surface area contributed by atoms with Gasteiger partial charge in [0.2, 0.25) is 0 Å². The molecule has 0 spiro atoms. The highest BCUT2D eigenvalue weighted by molar-refractivity contribution is 5.69. The van der Waals surface area contributed by atoms with Gasteiger partial charge in [0, 0.05) is 6.42 Å². The minimum atomic E-state index is -1.43. The fourth-order valence-electron chi connectivity index (χ4n) is 3.84. The average Bonchev–Trinajstić information content (AvgIpc) is 2.79. The van der Waals surface area contributed by atoms with E-state index < -0.39 is 36.8 Å². The van der Waals surface area contributed by atoms with Gasteiger partial charge in [-0.3, -0.25) is 4.79 Å². The van der Waals surface area contributed by atoms with E-state index in [1.54, 1.807) is 6.92 Å². The van der Waals surface area contributed by atoms with Gasteiger partial charge in [0.15, 0.2) is 6.29 Å². The number of aliphatic hydroxyl groups is 4. The Kier molecular flexibility index (Phi) is 16.2. The highest BCUT2D eigenvalue weighted by Crippen LogP contribution is 2.24. The fraction of sp³-hybridized carbons (Fsp3) is 0.958. The molecule has 8 heteroatoms. The van der Waals surface area contributed by atoms with Crippen LogP contribution in [0.25, 0.3) is 0 Å². The van der Waals surface area contributed by atoms with Crippen molar-refractivity contribution in [1.82, 2.24) is 0 Å². The van der Waals surface area contributed by atoms with Crippen LogP contribution in [0.3, 0.4) is 0 Å². The lowest BCUT2D eigenvalue weighted by Gasteiger charge is -2.40. The third-order valence-electron chi connectivity index (χ3n) is 5.94. The molecule has 32 heavy (non-hydrogen) atoms. The topological polar surface area (TPSA) is 126 Å². The lowest BCUT2D eigenvalue weighted by atomic mass is 9.97. The first-order chi connectivity index (χ1) is 15.4. The van der Waals surface area contributed by atoms with Crippen molar-refractivity contribution in [3.63, 3.8) is 0 Å². The lowest BCUT2D eigenvalue weighted by Crippen LogP contribution is -2.58. The smallest absolute Gasteiger partial charge is 0.305 e. The number of esters is 1. The minimum absolute atomic E-state index is 0.206. The van der Waals surface area contributed by atoms with Crippen LogP contribution in [0.15, 0.2) is 0 Å². The monoisotopic (exact) mass is 462 g/mol. The van der Waals surface area contributed by atoms with Gasteiger partial charge in [-0.05, 0) is 12.8 Å². The van der Waals surface area contributed by atoms with Crippen LogP contribution in [0, 0.1) is 0 Å². The predicted molar refractivity (Wildman–Crippen MR) is 121 cm³/mol. The zero-order valence-corrected chi connectivity index (χ0v) is 20.0. The number of rotatable bonds is 18. The third kappa shape index (κ3) is 11.9. The maximum Gasteiger partial charge on any atom is 0.305 e. The molecular weight excluding hydrogens is 416 g/mol. The SMILES string of the molecule is CCCCCCCCCCCCCC(=O)OCC(O)COC1OC(CC)C(O)C(O)C1O. The van der Waals surface area contributed by atoms with Crippen LogP contribution in [0.1, 0.15) is 97.3 Å². The van der Waals surface area contributed by atoms with Crippen molar-refractivity contribution >= 4 is 5.97 Å². The zero-order chi connectivity index (χ0) is 23.8. The van der Waals surface area contributed by atoms with Gasteiger partial charge in [0.1, 0.15) is 31.0 Å². The largest absolute Gasteiger partial charge is 0.463 e. The molecule has 1 heterocycles. The van der Waals surface area contributed by atoms with Gasteiger partial charge in [-0.1, -0.05) is 78.1 Å². The van der Waals surface area contributed by atoms with Gasteiger partial charge in [0.05, 0.1) is 12.7 Å². The average molecular weight is 463 g/mol. The van der Waals surface area contributed by atoms with Gasteiger partial charge in [-0.15, -0.1) is 0 Å². The van der Waals surface area contributed by atoms with Crippen molar-refractivity contribution in [3.05, 3.63) is 0 Å². The molecule has 0 saturated carbocycles. The number of hydrogen-bond donors (Lipinski definition) is 4. The molecule has 1 fully saturated rings. The van der Waals surface area contributed by atoms with E-state index in [9.17, 15) is 25.2 Å². The minimum Gasteiger partial charge on any atom is -0.463 e. The van der Waals surface area contributed by atoms with Crippen molar-refractivity contribution in [3.8, 4) is 0 Å². The Morgan fingerprint density at radius 1 is 0.812 bits per heavy atom. The Bertz CT molecular complexity index is 473. The van der Waals surface area contributed by atoms with Gasteiger partial charge in [-0.25, -0.2) is 0 Å². The summed E-state index contributed by atoms with van der Waals surface area (Å²) in [7, 11) is 0. The first-order valence-corrected chi connectivity index (χ1v) is 12.6. The Morgan fingerprint density at radius 2 is 1.38 bits per heavy atom. The maximum atomic E-state index is 11.8. The number of unbranched alkanes of at least 4 members (excludes halogenated alkanes) is 10. The molecule has 8 nitrogen and oxygen atoms in total. The fourth-order valence-corrected chi connectivity index (χ4v) is 3.84. The summed E-state index contributed by atoms with van der Waals surface area (Å²) in [6.45, 7) is 3.57. The molecule has 0 radical (unpaired) electrons. The molecule has 190 valence electrons. The number of aliphatic hydroxyl groups excluding tert-OH is 4. The van der Waals surface area contributed by atoms with Crippen molar-refractivity contribution in [2.24, 2.45) is 0 Å². The predicted octanol–water partition coefficient (Wildman–Crippen LogP) is 2.83. The second kappa shape index (κ2) is 17.7. The van der Waals surface area contributed by atoms with Crippen LogP contribution in [-0.2, 0) is 19.0 Å². The van der Waals surface area contributed by atoms with E-state index in [0.717, 1.165) is 19.3 Å².